The summed E-state index contributed by atoms with van der Waals surface area (Å²) in [6, 6.07) is 8.74. The van der Waals surface area contributed by atoms with E-state index in [0.717, 1.165) is 31.7 Å². The molecule has 1 N–H and O–H groups in total. The molecule has 21 heavy (non-hydrogen) atoms. The molecule has 1 aromatic heterocycles. The van der Waals surface area contributed by atoms with Crippen molar-refractivity contribution >= 4 is 0 Å². The summed E-state index contributed by atoms with van der Waals surface area (Å²) < 4.78 is 6.01. The van der Waals surface area contributed by atoms with Gasteiger partial charge in [-0.1, -0.05) is 31.2 Å². The zero-order valence-corrected chi connectivity index (χ0v) is 12.3. The van der Waals surface area contributed by atoms with Crippen LogP contribution in [0.2, 0.25) is 0 Å². The molecule has 1 aromatic carbocycles. The van der Waals surface area contributed by atoms with Crippen LogP contribution in [0.15, 0.2) is 42.9 Å². The lowest BCUT2D eigenvalue weighted by Gasteiger charge is -2.29. The van der Waals surface area contributed by atoms with E-state index in [0.29, 0.717) is 0 Å². The Morgan fingerprint density at radius 2 is 2.24 bits per heavy atom. The molecule has 0 saturated heterocycles. The molecule has 0 radical (unpaired) electrons. The highest BCUT2D eigenvalue weighted by Gasteiger charge is 2.25. The fraction of sp³-hybridized carbons (Fsp3) is 0.412. The summed E-state index contributed by atoms with van der Waals surface area (Å²) in [6.45, 7) is 3.80. The van der Waals surface area contributed by atoms with Crippen molar-refractivity contribution in [3.05, 3.63) is 59.7 Å². The zero-order chi connectivity index (χ0) is 14.5. The fourth-order valence-electron chi connectivity index (χ4n) is 2.93. The molecule has 0 bridgehead atoms. The third-order valence-corrected chi connectivity index (χ3v) is 3.93. The van der Waals surface area contributed by atoms with Crippen LogP contribution in [0.5, 0.6) is 0 Å². The van der Waals surface area contributed by atoms with Crippen molar-refractivity contribution < 1.29 is 4.74 Å². The second-order valence-electron chi connectivity index (χ2n) is 5.28. The molecule has 0 spiro atoms. The molecule has 4 heteroatoms. The smallest absolute Gasteiger partial charge is 0.0846 e. The van der Waals surface area contributed by atoms with Crippen molar-refractivity contribution in [3.8, 4) is 0 Å². The van der Waals surface area contributed by atoms with E-state index in [1.165, 1.54) is 11.1 Å². The van der Waals surface area contributed by atoms with Gasteiger partial charge in [0.1, 0.15) is 0 Å². The molecular weight excluding hydrogens is 262 g/mol. The van der Waals surface area contributed by atoms with Crippen molar-refractivity contribution in [1.82, 2.24) is 15.3 Å². The van der Waals surface area contributed by atoms with Gasteiger partial charge in [0.05, 0.1) is 24.4 Å². The van der Waals surface area contributed by atoms with Gasteiger partial charge >= 0.3 is 0 Å². The number of nitrogens with one attached hydrogen (secondary N) is 1. The van der Waals surface area contributed by atoms with Gasteiger partial charge in [0.25, 0.3) is 0 Å². The first-order valence-electron chi connectivity index (χ1n) is 7.57. The van der Waals surface area contributed by atoms with Crippen molar-refractivity contribution in [2.24, 2.45) is 0 Å². The number of hydrogen-bond donors (Lipinski definition) is 1. The molecule has 0 aliphatic carbocycles. The van der Waals surface area contributed by atoms with Crippen LogP contribution in [0.4, 0.5) is 0 Å². The second-order valence-corrected chi connectivity index (χ2v) is 5.28. The quantitative estimate of drug-likeness (QED) is 0.916. The van der Waals surface area contributed by atoms with E-state index in [4.69, 9.17) is 4.74 Å². The lowest BCUT2D eigenvalue weighted by molar-refractivity contribution is 0.0291. The lowest BCUT2D eigenvalue weighted by Crippen LogP contribution is -2.26. The van der Waals surface area contributed by atoms with Gasteiger partial charge in [-0.15, -0.1) is 0 Å². The van der Waals surface area contributed by atoms with E-state index in [1.54, 1.807) is 12.4 Å². The van der Waals surface area contributed by atoms with E-state index < -0.39 is 0 Å². The number of aromatic nitrogens is 2. The van der Waals surface area contributed by atoms with Gasteiger partial charge in [-0.2, -0.15) is 0 Å². The molecule has 4 nitrogen and oxygen atoms in total. The van der Waals surface area contributed by atoms with Crippen LogP contribution < -0.4 is 5.32 Å². The minimum absolute atomic E-state index is 0.126. The summed E-state index contributed by atoms with van der Waals surface area (Å²) in [5.74, 6) is 0. The third-order valence-electron chi connectivity index (χ3n) is 3.93. The molecule has 1 aliphatic heterocycles. The summed E-state index contributed by atoms with van der Waals surface area (Å²) in [7, 11) is 0. The number of benzene rings is 1. The average Bonchev–Trinajstić information content (AvgIpc) is 2.55. The Labute approximate surface area is 125 Å². The van der Waals surface area contributed by atoms with Crippen molar-refractivity contribution in [2.75, 3.05) is 13.2 Å². The van der Waals surface area contributed by atoms with Gasteiger partial charge in [-0.05, 0) is 30.5 Å². The van der Waals surface area contributed by atoms with Gasteiger partial charge in [0, 0.05) is 18.6 Å². The van der Waals surface area contributed by atoms with Gasteiger partial charge in [-0.25, -0.2) is 0 Å². The topological polar surface area (TPSA) is 47.0 Å². The third kappa shape index (κ3) is 3.28. The number of nitrogens with zero attached hydrogens (tertiary/aromatic N) is 2. The molecular formula is C17H21N3O. The molecule has 2 unspecified atom stereocenters. The summed E-state index contributed by atoms with van der Waals surface area (Å²) in [6.07, 6.45) is 7.30. The van der Waals surface area contributed by atoms with E-state index in [2.05, 4.69) is 46.5 Å². The number of fused-ring (bicyclic) bond motifs is 1. The molecule has 0 fully saturated rings. The van der Waals surface area contributed by atoms with Gasteiger partial charge in [0.2, 0.25) is 0 Å². The Hall–Kier alpha value is -1.78. The predicted molar refractivity (Wildman–Crippen MR) is 81.9 cm³/mol. The van der Waals surface area contributed by atoms with E-state index in [-0.39, 0.29) is 12.1 Å². The largest absolute Gasteiger partial charge is 0.373 e. The Kier molecular flexibility index (Phi) is 4.58. The molecule has 3 rings (SSSR count). The first kappa shape index (κ1) is 14.2. The van der Waals surface area contributed by atoms with E-state index in [9.17, 15) is 0 Å². The molecule has 2 heterocycles. The van der Waals surface area contributed by atoms with Crippen LogP contribution in [-0.2, 0) is 11.2 Å². The molecule has 2 atom stereocenters. The van der Waals surface area contributed by atoms with Crippen LogP contribution in [0.1, 0.15) is 42.3 Å². The van der Waals surface area contributed by atoms with Gasteiger partial charge < -0.3 is 10.1 Å². The van der Waals surface area contributed by atoms with Gasteiger partial charge in [0.15, 0.2) is 0 Å². The normalized spacial score (nSPS) is 19.0. The van der Waals surface area contributed by atoms with Crippen molar-refractivity contribution in [1.29, 1.82) is 0 Å². The molecule has 2 aromatic rings. The van der Waals surface area contributed by atoms with Crippen LogP contribution in [0, 0.1) is 0 Å². The minimum atomic E-state index is 0.126. The Bertz CT molecular complexity index is 573. The zero-order valence-electron chi connectivity index (χ0n) is 12.3. The molecule has 1 aliphatic rings. The molecule has 110 valence electrons. The van der Waals surface area contributed by atoms with E-state index >= 15 is 0 Å². The van der Waals surface area contributed by atoms with Crippen LogP contribution >= 0.6 is 0 Å². The summed E-state index contributed by atoms with van der Waals surface area (Å²) in [4.78, 5) is 8.62. The molecule has 0 amide bonds. The van der Waals surface area contributed by atoms with Crippen LogP contribution in [-0.4, -0.2) is 23.1 Å². The highest BCUT2D eigenvalue weighted by molar-refractivity contribution is 5.31. The summed E-state index contributed by atoms with van der Waals surface area (Å²) in [5, 5.41) is 3.49. The monoisotopic (exact) mass is 283 g/mol. The Morgan fingerprint density at radius 1 is 1.33 bits per heavy atom. The summed E-state index contributed by atoms with van der Waals surface area (Å²) in [5.41, 5.74) is 3.70. The van der Waals surface area contributed by atoms with Crippen LogP contribution in [0.3, 0.4) is 0 Å². The minimum Gasteiger partial charge on any atom is -0.373 e. The first-order chi connectivity index (χ1) is 10.4. The van der Waals surface area contributed by atoms with Crippen molar-refractivity contribution in [3.63, 3.8) is 0 Å². The van der Waals surface area contributed by atoms with Crippen molar-refractivity contribution in [2.45, 2.75) is 31.9 Å². The number of rotatable bonds is 5. The standard InChI is InChI=1S/C17H21N3O/c1-2-19-15(16-12-18-8-9-20-16)11-17-14-6-4-3-5-13(14)7-10-21-17/h3-6,8-9,12,15,17,19H,2,7,10-11H2,1H3. The highest BCUT2D eigenvalue weighted by atomic mass is 16.5. The van der Waals surface area contributed by atoms with Crippen LogP contribution in [0.25, 0.3) is 0 Å². The van der Waals surface area contributed by atoms with E-state index in [1.807, 2.05) is 6.20 Å². The number of ether oxygens (including phenoxy) is 1. The maximum Gasteiger partial charge on any atom is 0.0846 e. The number of hydrogen-bond acceptors (Lipinski definition) is 4. The fourth-order valence-corrected chi connectivity index (χ4v) is 2.93. The van der Waals surface area contributed by atoms with Gasteiger partial charge in [-0.3, -0.25) is 9.97 Å². The Morgan fingerprint density at radius 3 is 3.05 bits per heavy atom. The average molecular weight is 283 g/mol. The maximum absolute atomic E-state index is 6.01. The Balaban J connectivity index is 1.81. The predicted octanol–water partition coefficient (Wildman–Crippen LogP) is 2.83. The highest BCUT2D eigenvalue weighted by Crippen LogP contribution is 2.33. The first-order valence-corrected chi connectivity index (χ1v) is 7.57. The second kappa shape index (κ2) is 6.78. The summed E-state index contributed by atoms with van der Waals surface area (Å²) >= 11 is 0. The lowest BCUT2D eigenvalue weighted by atomic mass is 9.93. The SMILES string of the molecule is CCNC(CC1OCCc2ccccc21)c1cnccn1. The maximum atomic E-state index is 6.01. The molecule has 0 saturated carbocycles.